The molecule has 0 aromatic heterocycles. The SMILES string of the molecule is C=CCOc1c(Cl)cc(/C=C(\C#N)C(=O)Nc2ccc(O)cc2)cc1Cl. The maximum Gasteiger partial charge on any atom is 0.266 e. The fourth-order valence-corrected chi connectivity index (χ4v) is 2.61. The summed E-state index contributed by atoms with van der Waals surface area (Å²) in [5.74, 6) is -0.225. The van der Waals surface area contributed by atoms with Crippen molar-refractivity contribution in [3.8, 4) is 17.6 Å². The highest BCUT2D eigenvalue weighted by Gasteiger charge is 2.13. The molecule has 1 amide bonds. The van der Waals surface area contributed by atoms with E-state index in [1.807, 2.05) is 6.07 Å². The first-order valence-electron chi connectivity index (χ1n) is 7.39. The van der Waals surface area contributed by atoms with Gasteiger partial charge in [-0.15, -0.1) is 0 Å². The number of hydrogen-bond donors (Lipinski definition) is 2. The van der Waals surface area contributed by atoms with Crippen molar-refractivity contribution in [2.24, 2.45) is 0 Å². The molecule has 2 aromatic carbocycles. The average molecular weight is 389 g/mol. The number of amides is 1. The summed E-state index contributed by atoms with van der Waals surface area (Å²) >= 11 is 12.3. The lowest BCUT2D eigenvalue weighted by molar-refractivity contribution is -0.112. The number of phenols is 1. The number of benzene rings is 2. The van der Waals surface area contributed by atoms with Gasteiger partial charge in [0, 0.05) is 5.69 Å². The van der Waals surface area contributed by atoms with Gasteiger partial charge in [0.2, 0.25) is 0 Å². The van der Waals surface area contributed by atoms with Crippen molar-refractivity contribution in [2.75, 3.05) is 11.9 Å². The molecule has 0 aliphatic carbocycles. The molecule has 0 atom stereocenters. The van der Waals surface area contributed by atoms with Crippen molar-refractivity contribution in [3.05, 3.63) is 70.2 Å². The lowest BCUT2D eigenvalue weighted by Crippen LogP contribution is -2.13. The van der Waals surface area contributed by atoms with Gasteiger partial charge in [-0.05, 0) is 48.0 Å². The van der Waals surface area contributed by atoms with E-state index in [0.717, 1.165) is 0 Å². The fourth-order valence-electron chi connectivity index (χ4n) is 2.00. The standard InChI is InChI=1S/C19H14Cl2N2O3/c1-2-7-26-18-16(20)9-12(10-17(18)21)8-13(11-22)19(25)23-14-3-5-15(24)6-4-14/h2-6,8-10,24H,1,7H2,(H,23,25)/b13-8+. The lowest BCUT2D eigenvalue weighted by atomic mass is 10.1. The van der Waals surface area contributed by atoms with E-state index in [9.17, 15) is 15.2 Å². The average Bonchev–Trinajstić information content (AvgIpc) is 2.61. The number of rotatable bonds is 6. The van der Waals surface area contributed by atoms with Crippen LogP contribution in [0.5, 0.6) is 11.5 Å². The second-order valence-corrected chi connectivity index (χ2v) is 5.90. The van der Waals surface area contributed by atoms with E-state index in [4.69, 9.17) is 27.9 Å². The number of carbonyl (C=O) groups excluding carboxylic acids is 1. The van der Waals surface area contributed by atoms with Crippen molar-refractivity contribution < 1.29 is 14.6 Å². The summed E-state index contributed by atoms with van der Waals surface area (Å²) in [4.78, 5) is 12.2. The number of nitriles is 1. The van der Waals surface area contributed by atoms with Gasteiger partial charge in [0.1, 0.15) is 24.0 Å². The molecular formula is C19H14Cl2N2O3. The zero-order valence-electron chi connectivity index (χ0n) is 13.5. The monoisotopic (exact) mass is 388 g/mol. The Morgan fingerprint density at radius 3 is 2.42 bits per heavy atom. The van der Waals surface area contributed by atoms with Crippen LogP contribution in [0.1, 0.15) is 5.56 Å². The van der Waals surface area contributed by atoms with Crippen molar-refractivity contribution in [2.45, 2.75) is 0 Å². The molecule has 2 N–H and O–H groups in total. The number of anilines is 1. The van der Waals surface area contributed by atoms with Crippen molar-refractivity contribution in [1.29, 1.82) is 5.26 Å². The number of aromatic hydroxyl groups is 1. The largest absolute Gasteiger partial charge is 0.508 e. The van der Waals surface area contributed by atoms with Crippen LogP contribution in [0.25, 0.3) is 6.08 Å². The van der Waals surface area contributed by atoms with Crippen molar-refractivity contribution in [3.63, 3.8) is 0 Å². The van der Waals surface area contributed by atoms with Gasteiger partial charge in [-0.1, -0.05) is 35.9 Å². The van der Waals surface area contributed by atoms with Gasteiger partial charge in [0.05, 0.1) is 10.0 Å². The van der Waals surface area contributed by atoms with Crippen LogP contribution in [0.4, 0.5) is 5.69 Å². The number of nitrogens with one attached hydrogen (secondary N) is 1. The minimum Gasteiger partial charge on any atom is -0.508 e. The Bertz CT molecular complexity index is 877. The maximum absolute atomic E-state index is 12.2. The van der Waals surface area contributed by atoms with E-state index in [-0.39, 0.29) is 28.0 Å². The Labute approximate surface area is 160 Å². The minimum absolute atomic E-state index is 0.0714. The number of nitrogens with zero attached hydrogens (tertiary/aromatic N) is 1. The highest BCUT2D eigenvalue weighted by molar-refractivity contribution is 6.37. The molecule has 0 spiro atoms. The topological polar surface area (TPSA) is 82.3 Å². The summed E-state index contributed by atoms with van der Waals surface area (Å²) in [6.07, 6.45) is 2.92. The Morgan fingerprint density at radius 1 is 1.27 bits per heavy atom. The maximum atomic E-state index is 12.2. The summed E-state index contributed by atoms with van der Waals surface area (Å²) in [6.45, 7) is 3.79. The molecule has 0 unspecified atom stereocenters. The summed E-state index contributed by atoms with van der Waals surface area (Å²) in [6, 6.07) is 10.8. The fraction of sp³-hybridized carbons (Fsp3) is 0.0526. The summed E-state index contributed by atoms with van der Waals surface area (Å²) in [5.41, 5.74) is 0.784. The number of phenolic OH excluding ortho intramolecular Hbond substituents is 1. The first kappa shape index (κ1) is 19.4. The first-order valence-corrected chi connectivity index (χ1v) is 8.15. The molecule has 26 heavy (non-hydrogen) atoms. The van der Waals surface area contributed by atoms with Crippen molar-refractivity contribution >= 4 is 40.9 Å². The number of ether oxygens (including phenoxy) is 1. The van der Waals surface area contributed by atoms with Gasteiger partial charge in [0.25, 0.3) is 5.91 Å². The quantitative estimate of drug-likeness (QED) is 0.322. The molecule has 0 aliphatic heterocycles. The predicted molar refractivity (Wildman–Crippen MR) is 102 cm³/mol. The van der Waals surface area contributed by atoms with Crippen LogP contribution >= 0.6 is 23.2 Å². The van der Waals surface area contributed by atoms with Crippen LogP contribution in [0.15, 0.2) is 54.6 Å². The molecule has 2 aromatic rings. The second-order valence-electron chi connectivity index (χ2n) is 5.08. The van der Waals surface area contributed by atoms with E-state index < -0.39 is 5.91 Å². The Morgan fingerprint density at radius 2 is 1.88 bits per heavy atom. The van der Waals surface area contributed by atoms with Gasteiger partial charge in [-0.2, -0.15) is 5.26 Å². The molecule has 0 bridgehead atoms. The minimum atomic E-state index is -0.600. The molecule has 0 aliphatic rings. The smallest absolute Gasteiger partial charge is 0.266 e. The Balaban J connectivity index is 2.24. The Hall–Kier alpha value is -2.94. The van der Waals surface area contributed by atoms with Gasteiger partial charge in [0.15, 0.2) is 5.75 Å². The normalized spacial score (nSPS) is 10.7. The number of halogens is 2. The van der Waals surface area contributed by atoms with Crippen molar-refractivity contribution in [1.82, 2.24) is 0 Å². The molecule has 5 nitrogen and oxygen atoms in total. The zero-order valence-corrected chi connectivity index (χ0v) is 15.0. The third-order valence-corrected chi connectivity index (χ3v) is 3.73. The molecule has 0 saturated heterocycles. The molecule has 132 valence electrons. The van der Waals surface area contributed by atoms with E-state index >= 15 is 0 Å². The van der Waals surface area contributed by atoms with Crippen LogP contribution in [0.2, 0.25) is 10.0 Å². The highest BCUT2D eigenvalue weighted by Crippen LogP contribution is 2.35. The van der Waals surface area contributed by atoms with Crippen LogP contribution < -0.4 is 10.1 Å². The third kappa shape index (κ3) is 5.03. The van der Waals surface area contributed by atoms with Gasteiger partial charge >= 0.3 is 0 Å². The molecule has 0 radical (unpaired) electrons. The van der Waals surface area contributed by atoms with E-state index in [1.165, 1.54) is 42.5 Å². The zero-order chi connectivity index (χ0) is 19.1. The summed E-state index contributed by atoms with van der Waals surface area (Å²) < 4.78 is 5.37. The molecule has 2 rings (SSSR count). The first-order chi connectivity index (χ1) is 12.4. The molecule has 0 fully saturated rings. The summed E-state index contributed by atoms with van der Waals surface area (Å²) in [7, 11) is 0. The van der Waals surface area contributed by atoms with Crippen LogP contribution in [-0.2, 0) is 4.79 Å². The van der Waals surface area contributed by atoms with E-state index in [2.05, 4.69) is 11.9 Å². The van der Waals surface area contributed by atoms with Gasteiger partial charge < -0.3 is 15.2 Å². The molecular weight excluding hydrogens is 375 g/mol. The predicted octanol–water partition coefficient (Wildman–Crippen LogP) is 4.81. The summed E-state index contributed by atoms with van der Waals surface area (Å²) in [5, 5.41) is 21.6. The number of hydrogen-bond acceptors (Lipinski definition) is 4. The van der Waals surface area contributed by atoms with Gasteiger partial charge in [-0.25, -0.2) is 0 Å². The lowest BCUT2D eigenvalue weighted by Gasteiger charge is -2.09. The van der Waals surface area contributed by atoms with Gasteiger partial charge in [-0.3, -0.25) is 4.79 Å². The van der Waals surface area contributed by atoms with E-state index in [0.29, 0.717) is 17.0 Å². The van der Waals surface area contributed by atoms with Crippen LogP contribution in [0.3, 0.4) is 0 Å². The highest BCUT2D eigenvalue weighted by atomic mass is 35.5. The van der Waals surface area contributed by atoms with Crippen LogP contribution in [-0.4, -0.2) is 17.6 Å². The van der Waals surface area contributed by atoms with Crippen LogP contribution in [0, 0.1) is 11.3 Å². The molecule has 0 heterocycles. The molecule has 7 heteroatoms. The Kier molecular flexibility index (Phi) is 6.67. The van der Waals surface area contributed by atoms with E-state index in [1.54, 1.807) is 6.08 Å². The second kappa shape index (κ2) is 8.95. The number of carbonyl (C=O) groups is 1. The third-order valence-electron chi connectivity index (χ3n) is 3.17. The molecule has 0 saturated carbocycles.